The number of alkyl halides is 2. The Morgan fingerprint density at radius 1 is 0.763 bits per heavy atom. The molecule has 6 N–H and O–H groups in total. The molecule has 4 atom stereocenters. The Kier molecular flexibility index (Phi) is 13.3. The van der Waals surface area contributed by atoms with Gasteiger partial charge in [0.25, 0.3) is 0 Å². The molecule has 0 aromatic heterocycles. The van der Waals surface area contributed by atoms with Crippen LogP contribution in [-0.2, 0) is 28.8 Å². The standard InChI is InChI=1S/C13H16O2.C9H10O8.C2H2F2O2/c1-9(2)12-6-4-11(5-7-12)8-10(3)13(14)15;10-6(11)2-1-3(7(12)13)5(9(16)17)4(2)8(14)15;3-1(4)2(5)6/h4-9H,1-3H3,(H,14,15);2-5H,1H2,(H,10,11)(H,12,13)(H,14,15)(H,16,17);1H,(H,5,6)/b10-8-;;/t;2-,3-,4-,5-;/m.1./s1. The number of aliphatic carboxylic acids is 6. The van der Waals surface area contributed by atoms with Gasteiger partial charge in [-0.05, 0) is 36.5 Å². The van der Waals surface area contributed by atoms with Crippen molar-refractivity contribution in [2.24, 2.45) is 23.7 Å². The monoisotopic (exact) mass is 546 g/mol. The van der Waals surface area contributed by atoms with Crippen molar-refractivity contribution in [3.63, 3.8) is 0 Å². The lowest BCUT2D eigenvalue weighted by atomic mass is 9.87. The molecule has 0 unspecified atom stereocenters. The summed E-state index contributed by atoms with van der Waals surface area (Å²) in [5, 5.41) is 51.2. The summed E-state index contributed by atoms with van der Waals surface area (Å²) in [5.41, 5.74) is 2.55. The Morgan fingerprint density at radius 3 is 1.37 bits per heavy atom. The van der Waals surface area contributed by atoms with Crippen LogP contribution in [0.5, 0.6) is 0 Å². The number of hydrogen-bond acceptors (Lipinski definition) is 6. The second-order valence-corrected chi connectivity index (χ2v) is 8.45. The minimum atomic E-state index is -3.23. The van der Waals surface area contributed by atoms with E-state index in [1.165, 1.54) is 5.56 Å². The number of halogens is 2. The van der Waals surface area contributed by atoms with Crippen LogP contribution in [0.25, 0.3) is 6.08 Å². The molecule has 1 saturated carbocycles. The smallest absolute Gasteiger partial charge is 0.371 e. The quantitative estimate of drug-likeness (QED) is 0.259. The van der Waals surface area contributed by atoms with Crippen LogP contribution < -0.4 is 0 Å². The molecule has 1 aliphatic rings. The van der Waals surface area contributed by atoms with Crippen LogP contribution in [0.4, 0.5) is 8.78 Å². The SMILES string of the molecule is C/C(=C/c1ccc(C(C)C)cc1)C(=O)O.O=C(O)C(F)F.O=C(O)[C@H]1[C@H](C(=O)O)[C@H](C(=O)O)C[C@H]1C(=O)O. The van der Waals surface area contributed by atoms with Gasteiger partial charge in [0.1, 0.15) is 0 Å². The highest BCUT2D eigenvalue weighted by Gasteiger charge is 2.56. The first-order valence-corrected chi connectivity index (χ1v) is 10.9. The van der Waals surface area contributed by atoms with Gasteiger partial charge < -0.3 is 30.6 Å². The molecule has 0 saturated heterocycles. The first-order valence-electron chi connectivity index (χ1n) is 10.9. The molecular weight excluding hydrogens is 518 g/mol. The van der Waals surface area contributed by atoms with Gasteiger partial charge >= 0.3 is 42.2 Å². The molecule has 38 heavy (non-hydrogen) atoms. The maximum Gasteiger partial charge on any atom is 0.371 e. The average molecular weight is 546 g/mol. The Balaban J connectivity index is 0.000000599. The lowest BCUT2D eigenvalue weighted by molar-refractivity contribution is -0.160. The van der Waals surface area contributed by atoms with E-state index in [9.17, 15) is 32.8 Å². The number of benzene rings is 1. The third-order valence-corrected chi connectivity index (χ3v) is 5.48. The topological polar surface area (TPSA) is 224 Å². The molecule has 0 bridgehead atoms. The largest absolute Gasteiger partial charge is 0.481 e. The summed E-state index contributed by atoms with van der Waals surface area (Å²) < 4.78 is 21.1. The molecule has 1 fully saturated rings. The fourth-order valence-corrected chi connectivity index (χ4v) is 3.52. The molecule has 0 spiro atoms. The normalized spacial score (nSPS) is 20.4. The zero-order chi connectivity index (χ0) is 29.9. The minimum absolute atomic E-state index is 0.354. The molecule has 1 aromatic rings. The number of carboxylic acid groups (broad SMARTS) is 6. The van der Waals surface area contributed by atoms with E-state index in [2.05, 4.69) is 13.8 Å². The fourth-order valence-electron chi connectivity index (χ4n) is 3.52. The summed E-state index contributed by atoms with van der Waals surface area (Å²) in [5.74, 6) is -15.1. The zero-order valence-corrected chi connectivity index (χ0v) is 20.4. The first kappa shape index (κ1) is 33.6. The van der Waals surface area contributed by atoms with E-state index in [1.54, 1.807) is 13.0 Å². The predicted octanol–water partition coefficient (Wildman–Crippen LogP) is 2.83. The van der Waals surface area contributed by atoms with E-state index in [-0.39, 0.29) is 0 Å². The summed E-state index contributed by atoms with van der Waals surface area (Å²) in [6.45, 7) is 5.86. The van der Waals surface area contributed by atoms with Crippen molar-refractivity contribution >= 4 is 41.9 Å². The van der Waals surface area contributed by atoms with Crippen molar-refractivity contribution < 1.29 is 68.2 Å². The molecular formula is C24H28F2O12. The van der Waals surface area contributed by atoms with Crippen LogP contribution >= 0.6 is 0 Å². The maximum absolute atomic E-state index is 10.9. The molecule has 0 radical (unpaired) electrons. The van der Waals surface area contributed by atoms with Crippen LogP contribution in [-0.4, -0.2) is 72.9 Å². The third kappa shape index (κ3) is 10.3. The Hall–Kier alpha value is -4.36. The fraction of sp³-hybridized carbons (Fsp3) is 0.417. The number of carboxylic acids is 6. The number of hydrogen-bond donors (Lipinski definition) is 6. The first-order chi connectivity index (χ1) is 17.4. The van der Waals surface area contributed by atoms with Crippen LogP contribution in [0.2, 0.25) is 0 Å². The average Bonchev–Trinajstić information content (AvgIpc) is 3.22. The van der Waals surface area contributed by atoms with E-state index in [4.69, 9.17) is 35.4 Å². The summed E-state index contributed by atoms with van der Waals surface area (Å²) >= 11 is 0. The lowest BCUT2D eigenvalue weighted by Crippen LogP contribution is -2.35. The van der Waals surface area contributed by atoms with Gasteiger partial charge in [-0.1, -0.05) is 38.1 Å². The Bertz CT molecular complexity index is 1030. The second-order valence-electron chi connectivity index (χ2n) is 8.45. The molecule has 0 aliphatic heterocycles. The van der Waals surface area contributed by atoms with Gasteiger partial charge in [0.15, 0.2) is 0 Å². The highest BCUT2D eigenvalue weighted by molar-refractivity contribution is 5.91. The molecule has 2 rings (SSSR count). The van der Waals surface area contributed by atoms with Crippen molar-refractivity contribution in [2.45, 2.75) is 39.5 Å². The van der Waals surface area contributed by atoms with E-state index in [0.717, 1.165) is 5.56 Å². The van der Waals surface area contributed by atoms with Crippen molar-refractivity contribution in [3.8, 4) is 0 Å². The minimum Gasteiger partial charge on any atom is -0.481 e. The van der Waals surface area contributed by atoms with Crippen molar-refractivity contribution in [1.29, 1.82) is 0 Å². The highest BCUT2D eigenvalue weighted by atomic mass is 19.3. The van der Waals surface area contributed by atoms with E-state index >= 15 is 0 Å². The van der Waals surface area contributed by atoms with E-state index < -0.39 is 72.3 Å². The van der Waals surface area contributed by atoms with Crippen molar-refractivity contribution in [3.05, 3.63) is 41.0 Å². The molecule has 14 heteroatoms. The second kappa shape index (κ2) is 15.0. The van der Waals surface area contributed by atoms with Crippen LogP contribution in [0, 0.1) is 23.7 Å². The Morgan fingerprint density at radius 2 is 1.13 bits per heavy atom. The molecule has 1 aromatic carbocycles. The maximum atomic E-state index is 10.9. The molecule has 0 amide bonds. The van der Waals surface area contributed by atoms with Gasteiger partial charge in [0.05, 0.1) is 23.7 Å². The molecule has 210 valence electrons. The Labute approximate surface area is 214 Å². The van der Waals surface area contributed by atoms with Crippen LogP contribution in [0.1, 0.15) is 44.2 Å². The number of carbonyl (C=O) groups is 6. The zero-order valence-electron chi connectivity index (χ0n) is 20.4. The van der Waals surface area contributed by atoms with Gasteiger partial charge in [0.2, 0.25) is 0 Å². The molecule has 0 heterocycles. The van der Waals surface area contributed by atoms with Crippen LogP contribution in [0.3, 0.4) is 0 Å². The summed E-state index contributed by atoms with van der Waals surface area (Å²) in [6.07, 6.45) is -2.05. The summed E-state index contributed by atoms with van der Waals surface area (Å²) in [4.78, 5) is 62.9. The van der Waals surface area contributed by atoms with Gasteiger partial charge in [-0.2, -0.15) is 8.78 Å². The van der Waals surface area contributed by atoms with Crippen molar-refractivity contribution in [2.75, 3.05) is 0 Å². The van der Waals surface area contributed by atoms with E-state index in [1.807, 2.05) is 24.3 Å². The van der Waals surface area contributed by atoms with Crippen LogP contribution in [0.15, 0.2) is 29.8 Å². The van der Waals surface area contributed by atoms with Gasteiger partial charge in [0, 0.05) is 5.57 Å². The summed E-state index contributed by atoms with van der Waals surface area (Å²) in [6, 6.07) is 7.96. The summed E-state index contributed by atoms with van der Waals surface area (Å²) in [7, 11) is 0. The highest BCUT2D eigenvalue weighted by Crippen LogP contribution is 2.42. The van der Waals surface area contributed by atoms with Gasteiger partial charge in [-0.15, -0.1) is 0 Å². The lowest BCUT2D eigenvalue weighted by Gasteiger charge is -2.16. The van der Waals surface area contributed by atoms with Gasteiger partial charge in [-0.25, -0.2) is 9.59 Å². The van der Waals surface area contributed by atoms with Crippen molar-refractivity contribution in [1.82, 2.24) is 0 Å². The molecule has 12 nitrogen and oxygen atoms in total. The van der Waals surface area contributed by atoms with Gasteiger partial charge in [-0.3, -0.25) is 19.2 Å². The number of rotatable bonds is 8. The molecule has 1 aliphatic carbocycles. The predicted molar refractivity (Wildman–Crippen MR) is 125 cm³/mol. The van der Waals surface area contributed by atoms with E-state index in [0.29, 0.717) is 11.5 Å². The third-order valence-electron chi connectivity index (χ3n) is 5.48.